The Balaban J connectivity index is 1.90. The van der Waals surface area contributed by atoms with Crippen LogP contribution in [0.3, 0.4) is 0 Å². The van der Waals surface area contributed by atoms with E-state index >= 15 is 0 Å². The summed E-state index contributed by atoms with van der Waals surface area (Å²) >= 11 is 0. The minimum atomic E-state index is -0.336. The predicted octanol–water partition coefficient (Wildman–Crippen LogP) is 4.95. The predicted molar refractivity (Wildman–Crippen MR) is 99.4 cm³/mol. The van der Waals surface area contributed by atoms with E-state index in [9.17, 15) is 5.26 Å². The molecular formula is C22H18N2O. The van der Waals surface area contributed by atoms with E-state index in [4.69, 9.17) is 4.74 Å². The number of rotatable bonds is 2. The van der Waals surface area contributed by atoms with Gasteiger partial charge in [-0.05, 0) is 46.5 Å². The van der Waals surface area contributed by atoms with Crippen LogP contribution < -0.4 is 9.64 Å². The van der Waals surface area contributed by atoms with Crippen molar-refractivity contribution >= 4 is 5.69 Å². The fourth-order valence-electron chi connectivity index (χ4n) is 3.50. The van der Waals surface area contributed by atoms with Crippen molar-refractivity contribution in [3.8, 4) is 22.9 Å². The number of hydrogen-bond acceptors (Lipinski definition) is 3. The zero-order valence-corrected chi connectivity index (χ0v) is 14.0. The molecule has 3 aromatic carbocycles. The summed E-state index contributed by atoms with van der Waals surface area (Å²) in [6, 6.07) is 26.7. The van der Waals surface area contributed by atoms with Gasteiger partial charge in [-0.3, -0.25) is 0 Å². The van der Waals surface area contributed by atoms with E-state index in [1.54, 1.807) is 7.11 Å². The van der Waals surface area contributed by atoms with Gasteiger partial charge in [-0.15, -0.1) is 0 Å². The largest absolute Gasteiger partial charge is 0.497 e. The molecule has 1 heterocycles. The molecule has 0 N–H and O–H groups in total. The second-order valence-electron chi connectivity index (χ2n) is 6.10. The van der Waals surface area contributed by atoms with Crippen molar-refractivity contribution in [3.05, 3.63) is 83.9 Å². The molecule has 0 radical (unpaired) electrons. The lowest BCUT2D eigenvalue weighted by Gasteiger charge is -2.28. The van der Waals surface area contributed by atoms with Crippen LogP contribution in [-0.4, -0.2) is 7.11 Å². The zero-order valence-electron chi connectivity index (χ0n) is 14.0. The van der Waals surface area contributed by atoms with E-state index in [-0.39, 0.29) is 6.04 Å². The second-order valence-corrected chi connectivity index (χ2v) is 6.10. The highest BCUT2D eigenvalue weighted by Crippen LogP contribution is 2.40. The van der Waals surface area contributed by atoms with Crippen LogP contribution in [0.2, 0.25) is 0 Å². The number of hydrogen-bond donors (Lipinski definition) is 0. The molecule has 0 aromatic heterocycles. The van der Waals surface area contributed by atoms with Crippen LogP contribution in [0, 0.1) is 11.3 Å². The third-order valence-corrected chi connectivity index (χ3v) is 4.74. The molecule has 1 aliphatic rings. The molecule has 1 atom stereocenters. The van der Waals surface area contributed by atoms with Crippen molar-refractivity contribution in [1.29, 1.82) is 5.26 Å². The van der Waals surface area contributed by atoms with Gasteiger partial charge in [0.2, 0.25) is 0 Å². The Morgan fingerprint density at radius 2 is 1.60 bits per heavy atom. The Kier molecular flexibility index (Phi) is 3.87. The summed E-state index contributed by atoms with van der Waals surface area (Å²) in [4.78, 5) is 2.16. The molecule has 1 unspecified atom stereocenters. The molecule has 1 aliphatic heterocycles. The van der Waals surface area contributed by atoms with Crippen molar-refractivity contribution in [1.82, 2.24) is 0 Å². The average Bonchev–Trinajstić information content (AvgIpc) is 2.82. The molecule has 3 heteroatoms. The van der Waals surface area contributed by atoms with Crippen LogP contribution in [0.15, 0.2) is 72.8 Å². The van der Waals surface area contributed by atoms with E-state index in [2.05, 4.69) is 47.4 Å². The summed E-state index contributed by atoms with van der Waals surface area (Å²) < 4.78 is 5.26. The minimum absolute atomic E-state index is 0.336. The highest BCUT2D eigenvalue weighted by molar-refractivity contribution is 5.75. The van der Waals surface area contributed by atoms with Gasteiger partial charge < -0.3 is 9.64 Å². The van der Waals surface area contributed by atoms with E-state index in [1.165, 1.54) is 11.1 Å². The van der Waals surface area contributed by atoms with Crippen LogP contribution >= 0.6 is 0 Å². The van der Waals surface area contributed by atoms with Gasteiger partial charge in [-0.1, -0.05) is 48.5 Å². The van der Waals surface area contributed by atoms with Gasteiger partial charge in [-0.2, -0.15) is 5.26 Å². The first-order valence-electron chi connectivity index (χ1n) is 8.29. The maximum Gasteiger partial charge on any atom is 0.143 e. The van der Waals surface area contributed by atoms with Gasteiger partial charge in [0.05, 0.1) is 13.2 Å². The molecular weight excluding hydrogens is 308 g/mol. The van der Waals surface area contributed by atoms with Crippen molar-refractivity contribution in [3.63, 3.8) is 0 Å². The molecule has 122 valence electrons. The van der Waals surface area contributed by atoms with Crippen LogP contribution in [-0.2, 0) is 6.54 Å². The Morgan fingerprint density at radius 1 is 0.920 bits per heavy atom. The first-order valence-corrected chi connectivity index (χ1v) is 8.29. The molecule has 0 aliphatic carbocycles. The lowest BCUT2D eigenvalue weighted by Crippen LogP contribution is -2.26. The standard InChI is InChI=1S/C22H18N2O/c1-25-18-12-10-17(11-13-18)24-15-16-6-2-3-7-19(16)20-8-4-5-9-21(20)22(24)14-23/h2-13,22H,15H2,1H3. The van der Waals surface area contributed by atoms with Crippen LogP contribution in [0.25, 0.3) is 11.1 Å². The molecule has 25 heavy (non-hydrogen) atoms. The SMILES string of the molecule is COc1ccc(N2Cc3ccccc3-c3ccccc3C2C#N)cc1. The van der Waals surface area contributed by atoms with Gasteiger partial charge >= 0.3 is 0 Å². The van der Waals surface area contributed by atoms with Crippen molar-refractivity contribution in [2.75, 3.05) is 12.0 Å². The number of methoxy groups -OCH3 is 1. The summed E-state index contributed by atoms with van der Waals surface area (Å²) in [7, 11) is 1.66. The summed E-state index contributed by atoms with van der Waals surface area (Å²) in [5, 5.41) is 9.96. The van der Waals surface area contributed by atoms with Gasteiger partial charge in [-0.25, -0.2) is 0 Å². The lowest BCUT2D eigenvalue weighted by atomic mass is 9.94. The molecule has 0 saturated carbocycles. The van der Waals surface area contributed by atoms with Gasteiger partial charge in [0.1, 0.15) is 11.8 Å². The lowest BCUT2D eigenvalue weighted by molar-refractivity contribution is 0.415. The zero-order chi connectivity index (χ0) is 17.2. The van der Waals surface area contributed by atoms with Crippen molar-refractivity contribution in [2.24, 2.45) is 0 Å². The number of benzene rings is 3. The average molecular weight is 326 g/mol. The van der Waals surface area contributed by atoms with Gasteiger partial charge in [0, 0.05) is 12.2 Å². The van der Waals surface area contributed by atoms with Crippen LogP contribution in [0.1, 0.15) is 17.2 Å². The first kappa shape index (κ1) is 15.3. The molecule has 3 nitrogen and oxygen atoms in total. The summed E-state index contributed by atoms with van der Waals surface area (Å²) in [6.45, 7) is 0.690. The molecule has 3 aromatic rings. The molecule has 0 spiro atoms. The minimum Gasteiger partial charge on any atom is -0.497 e. The third kappa shape index (κ3) is 2.62. The Bertz CT molecular complexity index is 941. The number of ether oxygens (including phenoxy) is 1. The Hall–Kier alpha value is -3.25. The number of fused-ring (bicyclic) bond motifs is 3. The summed E-state index contributed by atoms with van der Waals surface area (Å²) in [6.07, 6.45) is 0. The van der Waals surface area contributed by atoms with Crippen LogP contribution in [0.4, 0.5) is 5.69 Å². The number of nitriles is 1. The third-order valence-electron chi connectivity index (χ3n) is 4.74. The van der Waals surface area contributed by atoms with E-state index in [0.717, 1.165) is 22.6 Å². The molecule has 0 amide bonds. The smallest absolute Gasteiger partial charge is 0.143 e. The monoisotopic (exact) mass is 326 g/mol. The molecule has 0 saturated heterocycles. The van der Waals surface area contributed by atoms with E-state index in [0.29, 0.717) is 6.54 Å². The van der Waals surface area contributed by atoms with Crippen LogP contribution in [0.5, 0.6) is 5.75 Å². The highest BCUT2D eigenvalue weighted by atomic mass is 16.5. The number of anilines is 1. The highest BCUT2D eigenvalue weighted by Gasteiger charge is 2.28. The summed E-state index contributed by atoms with van der Waals surface area (Å²) in [5.41, 5.74) is 5.63. The van der Waals surface area contributed by atoms with Gasteiger partial charge in [0.25, 0.3) is 0 Å². The van der Waals surface area contributed by atoms with Crippen molar-refractivity contribution < 1.29 is 4.74 Å². The van der Waals surface area contributed by atoms with Gasteiger partial charge in [0.15, 0.2) is 0 Å². The fourth-order valence-corrected chi connectivity index (χ4v) is 3.50. The molecule has 0 bridgehead atoms. The Labute approximate surface area is 147 Å². The first-order chi connectivity index (χ1) is 12.3. The fraction of sp³-hybridized carbons (Fsp3) is 0.136. The normalized spacial score (nSPS) is 15.5. The Morgan fingerprint density at radius 3 is 2.32 bits per heavy atom. The molecule has 4 rings (SSSR count). The van der Waals surface area contributed by atoms with E-state index in [1.807, 2.05) is 36.4 Å². The quantitative estimate of drug-likeness (QED) is 0.669. The summed E-state index contributed by atoms with van der Waals surface area (Å²) in [5.74, 6) is 0.813. The van der Waals surface area contributed by atoms with E-state index < -0.39 is 0 Å². The molecule has 0 fully saturated rings. The maximum atomic E-state index is 9.96. The topological polar surface area (TPSA) is 36.3 Å². The maximum absolute atomic E-state index is 9.96. The van der Waals surface area contributed by atoms with Crippen molar-refractivity contribution in [2.45, 2.75) is 12.6 Å². The number of nitrogens with zero attached hydrogens (tertiary/aromatic N) is 2. The second kappa shape index (κ2) is 6.33.